The Kier molecular flexibility index (Phi) is 5.45. The van der Waals surface area contributed by atoms with E-state index in [2.05, 4.69) is 18.2 Å². The lowest BCUT2D eigenvalue weighted by molar-refractivity contribution is -0.162. The van der Waals surface area contributed by atoms with E-state index in [1.54, 1.807) is 0 Å². The maximum absolute atomic E-state index is 13.6. The summed E-state index contributed by atoms with van der Waals surface area (Å²) in [5, 5.41) is 2.14. The van der Waals surface area contributed by atoms with E-state index in [1.807, 2.05) is 99.6 Å². The number of carbonyl (C=O) groups excluding carboxylic acids is 1. The largest absolute Gasteiger partial charge is 0.474 e. The van der Waals surface area contributed by atoms with E-state index < -0.39 is 17.1 Å². The fourth-order valence-corrected chi connectivity index (χ4v) is 4.27. The van der Waals surface area contributed by atoms with Crippen molar-refractivity contribution in [2.45, 2.75) is 31.9 Å². The molecular weight excluding hydrogens is 422 g/mol. The first-order valence-electron chi connectivity index (χ1n) is 11.5. The second-order valence-electron chi connectivity index (χ2n) is 9.54. The first kappa shape index (κ1) is 21.9. The van der Waals surface area contributed by atoms with Gasteiger partial charge in [-0.05, 0) is 60.4 Å². The van der Waals surface area contributed by atoms with Gasteiger partial charge in [0.2, 0.25) is 11.4 Å². The van der Waals surface area contributed by atoms with Crippen molar-refractivity contribution in [3.05, 3.63) is 108 Å². The molecule has 1 aliphatic rings. The highest BCUT2D eigenvalue weighted by molar-refractivity contribution is 6.04. The average Bonchev–Trinajstić information content (AvgIpc) is 3.30. The molecule has 0 fully saturated rings. The van der Waals surface area contributed by atoms with E-state index in [4.69, 9.17) is 14.5 Å². The first-order valence-corrected chi connectivity index (χ1v) is 11.5. The lowest BCUT2D eigenvalue weighted by Gasteiger charge is -2.28. The van der Waals surface area contributed by atoms with Crippen molar-refractivity contribution in [3.8, 4) is 11.1 Å². The molecule has 4 nitrogen and oxygen atoms in total. The molecule has 0 amide bonds. The number of rotatable bonds is 4. The Bertz CT molecular complexity index is 1390. The molecule has 0 spiro atoms. The molecule has 34 heavy (non-hydrogen) atoms. The van der Waals surface area contributed by atoms with Crippen LogP contribution in [-0.2, 0) is 19.8 Å². The molecule has 0 aliphatic carbocycles. The number of benzene rings is 4. The molecule has 0 radical (unpaired) electrons. The van der Waals surface area contributed by atoms with Crippen LogP contribution in [0.2, 0.25) is 0 Å². The van der Waals surface area contributed by atoms with Crippen LogP contribution < -0.4 is 0 Å². The minimum Gasteiger partial charge on any atom is -0.474 e. The van der Waals surface area contributed by atoms with Crippen LogP contribution in [-0.4, -0.2) is 24.1 Å². The topological polar surface area (TPSA) is 47.9 Å². The summed E-state index contributed by atoms with van der Waals surface area (Å²) in [5.74, 6) is 0.0287. The minimum absolute atomic E-state index is 0.0821. The van der Waals surface area contributed by atoms with Gasteiger partial charge in [0.05, 0.1) is 0 Å². The van der Waals surface area contributed by atoms with Crippen LogP contribution in [0.1, 0.15) is 31.9 Å². The van der Waals surface area contributed by atoms with Crippen LogP contribution >= 0.6 is 0 Å². The molecule has 0 aromatic heterocycles. The van der Waals surface area contributed by atoms with Crippen LogP contribution in [0.15, 0.2) is 102 Å². The number of ether oxygens (including phenoxy) is 2. The van der Waals surface area contributed by atoms with Crippen LogP contribution in [0, 0.1) is 0 Å². The standard InChI is InChI=1S/C30H27NO3/c1-29(2,3)34-28(32)30(24-18-17-21-11-7-8-14-23(21)19-24)20-33-27(31-30)26-16-10-9-15-25(26)22-12-5-4-6-13-22/h4-19H,20H2,1-3H3/t30-/m0/s1. The number of hydrogen-bond acceptors (Lipinski definition) is 4. The molecule has 0 bridgehead atoms. The van der Waals surface area contributed by atoms with Crippen LogP contribution in [0.4, 0.5) is 0 Å². The molecule has 0 saturated carbocycles. The van der Waals surface area contributed by atoms with Gasteiger partial charge in [-0.3, -0.25) is 0 Å². The molecule has 5 rings (SSSR count). The van der Waals surface area contributed by atoms with E-state index in [-0.39, 0.29) is 6.61 Å². The first-order chi connectivity index (χ1) is 16.4. The van der Waals surface area contributed by atoms with Gasteiger partial charge >= 0.3 is 5.97 Å². The Hall–Kier alpha value is -3.92. The van der Waals surface area contributed by atoms with Crippen molar-refractivity contribution >= 4 is 22.6 Å². The maximum Gasteiger partial charge on any atom is 0.342 e. The van der Waals surface area contributed by atoms with E-state index in [1.165, 1.54) is 0 Å². The van der Waals surface area contributed by atoms with Crippen molar-refractivity contribution in [2.75, 3.05) is 6.61 Å². The fraction of sp³-hybridized carbons (Fsp3) is 0.200. The summed E-state index contributed by atoms with van der Waals surface area (Å²) in [6.07, 6.45) is 0. The number of esters is 1. The third-order valence-electron chi connectivity index (χ3n) is 5.92. The van der Waals surface area contributed by atoms with Crippen LogP contribution in [0.5, 0.6) is 0 Å². The normalized spacial score (nSPS) is 17.8. The van der Waals surface area contributed by atoms with Crippen molar-refractivity contribution in [1.82, 2.24) is 0 Å². The van der Waals surface area contributed by atoms with Gasteiger partial charge in [0.15, 0.2) is 0 Å². The maximum atomic E-state index is 13.6. The zero-order chi connectivity index (χ0) is 23.8. The molecule has 170 valence electrons. The van der Waals surface area contributed by atoms with Gasteiger partial charge in [0, 0.05) is 5.56 Å². The van der Waals surface area contributed by atoms with E-state index in [0.717, 1.165) is 33.0 Å². The minimum atomic E-state index is -1.28. The molecule has 4 heteroatoms. The second-order valence-corrected chi connectivity index (χ2v) is 9.54. The lowest BCUT2D eigenvalue weighted by atomic mass is 9.89. The molecular formula is C30H27NO3. The van der Waals surface area contributed by atoms with E-state index in [9.17, 15) is 4.79 Å². The summed E-state index contributed by atoms with van der Waals surface area (Å²) < 4.78 is 12.0. The summed E-state index contributed by atoms with van der Waals surface area (Å²) in [7, 11) is 0. The van der Waals surface area contributed by atoms with Gasteiger partial charge in [-0.1, -0.05) is 84.9 Å². The second kappa shape index (κ2) is 8.45. The SMILES string of the molecule is CC(C)(C)OC(=O)[C@@]1(c2ccc3ccccc3c2)COC(c2ccccc2-c2ccccc2)=N1. The smallest absolute Gasteiger partial charge is 0.342 e. The Morgan fingerprint density at radius 3 is 2.21 bits per heavy atom. The zero-order valence-corrected chi connectivity index (χ0v) is 19.6. The molecule has 0 unspecified atom stereocenters. The highest BCUT2D eigenvalue weighted by atomic mass is 16.6. The van der Waals surface area contributed by atoms with Crippen LogP contribution in [0.3, 0.4) is 0 Å². The number of hydrogen-bond donors (Lipinski definition) is 0. The number of fused-ring (bicyclic) bond motifs is 1. The predicted molar refractivity (Wildman–Crippen MR) is 136 cm³/mol. The molecule has 1 aliphatic heterocycles. The third-order valence-corrected chi connectivity index (χ3v) is 5.92. The molecule has 4 aromatic carbocycles. The quantitative estimate of drug-likeness (QED) is 0.333. The van der Waals surface area contributed by atoms with Gasteiger partial charge in [0.1, 0.15) is 12.2 Å². The third kappa shape index (κ3) is 4.08. The fourth-order valence-electron chi connectivity index (χ4n) is 4.27. The van der Waals surface area contributed by atoms with E-state index >= 15 is 0 Å². The summed E-state index contributed by atoms with van der Waals surface area (Å²) in [6.45, 7) is 5.68. The van der Waals surface area contributed by atoms with Gasteiger partial charge in [-0.25, -0.2) is 9.79 Å². The van der Waals surface area contributed by atoms with Gasteiger partial charge in [-0.2, -0.15) is 0 Å². The zero-order valence-electron chi connectivity index (χ0n) is 19.6. The number of carbonyl (C=O) groups is 1. The predicted octanol–water partition coefficient (Wildman–Crippen LogP) is 6.52. The highest BCUT2D eigenvalue weighted by Gasteiger charge is 2.49. The Morgan fingerprint density at radius 1 is 0.824 bits per heavy atom. The molecule has 1 atom stereocenters. The number of nitrogens with zero attached hydrogens (tertiary/aromatic N) is 1. The van der Waals surface area contributed by atoms with Crippen LogP contribution in [0.25, 0.3) is 21.9 Å². The summed E-state index contributed by atoms with van der Waals surface area (Å²) >= 11 is 0. The van der Waals surface area contributed by atoms with Crippen molar-refractivity contribution in [2.24, 2.45) is 4.99 Å². The Labute approximate surface area is 199 Å². The molecule has 4 aromatic rings. The van der Waals surface area contributed by atoms with Crippen molar-refractivity contribution in [1.29, 1.82) is 0 Å². The molecule has 1 heterocycles. The van der Waals surface area contributed by atoms with Crippen molar-refractivity contribution < 1.29 is 14.3 Å². The highest BCUT2D eigenvalue weighted by Crippen LogP contribution is 2.38. The Morgan fingerprint density at radius 2 is 1.47 bits per heavy atom. The summed E-state index contributed by atoms with van der Waals surface area (Å²) in [6, 6.07) is 32.1. The Balaban J connectivity index is 1.66. The monoisotopic (exact) mass is 449 g/mol. The summed E-state index contributed by atoms with van der Waals surface area (Å²) in [4.78, 5) is 18.6. The summed E-state index contributed by atoms with van der Waals surface area (Å²) in [5.41, 5.74) is 1.73. The molecule has 0 N–H and O–H groups in total. The lowest BCUT2D eigenvalue weighted by Crippen LogP contribution is -2.41. The van der Waals surface area contributed by atoms with Gasteiger partial charge in [0.25, 0.3) is 0 Å². The van der Waals surface area contributed by atoms with Gasteiger partial charge in [-0.15, -0.1) is 0 Å². The molecule has 0 saturated heterocycles. The van der Waals surface area contributed by atoms with E-state index in [0.29, 0.717) is 5.90 Å². The van der Waals surface area contributed by atoms with Gasteiger partial charge < -0.3 is 9.47 Å². The van der Waals surface area contributed by atoms with Crippen molar-refractivity contribution in [3.63, 3.8) is 0 Å². The number of aliphatic imine (C=N–C) groups is 1. The average molecular weight is 450 g/mol.